The van der Waals surface area contributed by atoms with Crippen molar-refractivity contribution >= 4 is 5.97 Å². The van der Waals surface area contributed by atoms with Gasteiger partial charge in [0.25, 0.3) is 0 Å². The number of aliphatic hydroxyl groups is 1. The molecule has 4 nitrogen and oxygen atoms in total. The van der Waals surface area contributed by atoms with Crippen molar-refractivity contribution in [3.8, 4) is 0 Å². The largest absolute Gasteiger partial charge is 0.481 e. The van der Waals surface area contributed by atoms with Crippen LogP contribution in [0.5, 0.6) is 0 Å². The number of aliphatic hydroxyl groups excluding tert-OH is 1. The molecule has 0 aromatic carbocycles. The van der Waals surface area contributed by atoms with Gasteiger partial charge in [-0.25, -0.2) is 0 Å². The molecule has 0 amide bonds. The predicted molar refractivity (Wildman–Crippen MR) is 53.1 cm³/mol. The number of aliphatic carboxylic acids is 1. The van der Waals surface area contributed by atoms with Crippen molar-refractivity contribution in [1.29, 1.82) is 0 Å². The lowest BCUT2D eigenvalue weighted by Crippen LogP contribution is -2.48. The lowest BCUT2D eigenvalue weighted by atomic mass is 9.79. The molecule has 0 radical (unpaired) electrons. The minimum absolute atomic E-state index is 0.122. The van der Waals surface area contributed by atoms with E-state index in [1.807, 2.05) is 6.92 Å². The van der Waals surface area contributed by atoms with Crippen LogP contribution in [0.3, 0.4) is 0 Å². The molecule has 3 atom stereocenters. The van der Waals surface area contributed by atoms with Crippen LogP contribution >= 0.6 is 0 Å². The van der Waals surface area contributed by atoms with Gasteiger partial charge >= 0.3 is 5.97 Å². The molecule has 1 aliphatic carbocycles. The van der Waals surface area contributed by atoms with Crippen LogP contribution in [0.15, 0.2) is 0 Å². The molecular weight excluding hydrogens is 182 g/mol. The van der Waals surface area contributed by atoms with Crippen LogP contribution in [0.25, 0.3) is 0 Å². The van der Waals surface area contributed by atoms with Crippen molar-refractivity contribution < 1.29 is 15.0 Å². The van der Waals surface area contributed by atoms with Gasteiger partial charge in [0.05, 0.1) is 12.0 Å². The molecule has 3 unspecified atom stereocenters. The van der Waals surface area contributed by atoms with Gasteiger partial charge < -0.3 is 15.5 Å². The third-order valence-corrected chi connectivity index (χ3v) is 2.95. The van der Waals surface area contributed by atoms with E-state index in [1.54, 1.807) is 0 Å². The van der Waals surface area contributed by atoms with Gasteiger partial charge in [0.2, 0.25) is 0 Å². The van der Waals surface area contributed by atoms with Crippen LogP contribution in [-0.4, -0.2) is 34.9 Å². The normalized spacial score (nSPS) is 28.1. The van der Waals surface area contributed by atoms with Gasteiger partial charge in [-0.2, -0.15) is 0 Å². The molecule has 14 heavy (non-hydrogen) atoms. The Bertz CT molecular complexity index is 196. The van der Waals surface area contributed by atoms with Crippen LogP contribution < -0.4 is 5.32 Å². The molecule has 82 valence electrons. The molecule has 0 saturated heterocycles. The van der Waals surface area contributed by atoms with Gasteiger partial charge in [-0.1, -0.05) is 6.92 Å². The summed E-state index contributed by atoms with van der Waals surface area (Å²) < 4.78 is 0. The van der Waals surface area contributed by atoms with E-state index in [9.17, 15) is 9.90 Å². The van der Waals surface area contributed by atoms with Gasteiger partial charge in [0, 0.05) is 6.04 Å². The molecular formula is C10H19NO3. The summed E-state index contributed by atoms with van der Waals surface area (Å²) in [5.41, 5.74) is 0. The van der Waals surface area contributed by atoms with Crippen LogP contribution in [0.1, 0.15) is 32.6 Å². The number of carboxylic acid groups (broad SMARTS) is 1. The third-order valence-electron chi connectivity index (χ3n) is 2.95. The molecule has 0 aromatic rings. The number of hydrogen-bond acceptors (Lipinski definition) is 3. The molecule has 1 aliphatic rings. The van der Waals surface area contributed by atoms with Crippen LogP contribution in [0.2, 0.25) is 0 Å². The van der Waals surface area contributed by atoms with E-state index in [1.165, 1.54) is 0 Å². The van der Waals surface area contributed by atoms with E-state index in [2.05, 4.69) is 5.32 Å². The van der Waals surface area contributed by atoms with Gasteiger partial charge in [-0.05, 0) is 32.2 Å². The van der Waals surface area contributed by atoms with Crippen LogP contribution in [0, 0.1) is 5.92 Å². The first kappa shape index (κ1) is 11.5. The van der Waals surface area contributed by atoms with Crippen molar-refractivity contribution in [1.82, 2.24) is 5.32 Å². The van der Waals surface area contributed by atoms with E-state index >= 15 is 0 Å². The van der Waals surface area contributed by atoms with E-state index in [4.69, 9.17) is 5.11 Å². The Labute approximate surface area is 84.3 Å². The maximum atomic E-state index is 10.7. The zero-order valence-electron chi connectivity index (χ0n) is 8.57. The summed E-state index contributed by atoms with van der Waals surface area (Å²) in [6.45, 7) is 2.65. The fraction of sp³-hybridized carbons (Fsp3) is 0.900. The number of nitrogens with one attached hydrogen (secondary N) is 1. The van der Waals surface area contributed by atoms with E-state index in [0.29, 0.717) is 13.0 Å². The van der Waals surface area contributed by atoms with Gasteiger partial charge in [0.1, 0.15) is 0 Å². The number of carboxylic acids is 1. The highest BCUT2D eigenvalue weighted by atomic mass is 16.4. The highest BCUT2D eigenvalue weighted by Crippen LogP contribution is 2.27. The zero-order chi connectivity index (χ0) is 10.6. The number of hydrogen-bond donors (Lipinski definition) is 3. The Hall–Kier alpha value is -0.610. The summed E-state index contributed by atoms with van der Waals surface area (Å²) in [6, 6.07) is 0.122. The van der Waals surface area contributed by atoms with E-state index in [0.717, 1.165) is 19.3 Å². The Morgan fingerprint density at radius 2 is 2.29 bits per heavy atom. The minimum Gasteiger partial charge on any atom is -0.481 e. The zero-order valence-corrected chi connectivity index (χ0v) is 8.57. The monoisotopic (exact) mass is 201 g/mol. The van der Waals surface area contributed by atoms with Crippen molar-refractivity contribution in [2.24, 2.45) is 5.92 Å². The van der Waals surface area contributed by atoms with Gasteiger partial charge in [0.15, 0.2) is 0 Å². The summed E-state index contributed by atoms with van der Waals surface area (Å²) >= 11 is 0. The summed E-state index contributed by atoms with van der Waals surface area (Å²) in [6.07, 6.45) is 2.93. The molecule has 0 bridgehead atoms. The second kappa shape index (κ2) is 5.32. The number of carbonyl (C=O) groups is 1. The molecule has 1 fully saturated rings. The Morgan fingerprint density at radius 3 is 2.71 bits per heavy atom. The second-order valence-corrected chi connectivity index (χ2v) is 3.93. The minimum atomic E-state index is -0.704. The van der Waals surface area contributed by atoms with Crippen molar-refractivity contribution in [2.45, 2.75) is 44.8 Å². The van der Waals surface area contributed by atoms with Crippen molar-refractivity contribution in [3.05, 3.63) is 0 Å². The molecule has 4 heteroatoms. The first-order valence-electron chi connectivity index (χ1n) is 5.29. The van der Waals surface area contributed by atoms with Gasteiger partial charge in [-0.3, -0.25) is 4.79 Å². The third kappa shape index (κ3) is 2.96. The number of rotatable bonds is 6. The first-order chi connectivity index (χ1) is 6.65. The molecule has 0 heterocycles. The molecule has 1 saturated carbocycles. The highest BCUT2D eigenvalue weighted by Gasteiger charge is 2.35. The Balaban J connectivity index is 2.10. The van der Waals surface area contributed by atoms with E-state index < -0.39 is 5.97 Å². The summed E-state index contributed by atoms with van der Waals surface area (Å²) in [5, 5.41) is 21.2. The topological polar surface area (TPSA) is 69.6 Å². The predicted octanol–water partition coefficient (Wildman–Crippen LogP) is 0.600. The van der Waals surface area contributed by atoms with Gasteiger partial charge in [-0.15, -0.1) is 0 Å². The fourth-order valence-corrected chi connectivity index (χ4v) is 1.68. The molecule has 0 aromatic heterocycles. The average molecular weight is 201 g/mol. The van der Waals surface area contributed by atoms with Crippen LogP contribution in [-0.2, 0) is 4.79 Å². The first-order valence-corrected chi connectivity index (χ1v) is 5.29. The molecule has 0 spiro atoms. The second-order valence-electron chi connectivity index (χ2n) is 3.93. The van der Waals surface area contributed by atoms with E-state index in [-0.39, 0.29) is 18.1 Å². The molecule has 0 aliphatic heterocycles. The lowest BCUT2D eigenvalue weighted by molar-refractivity contribution is -0.146. The average Bonchev–Trinajstić information content (AvgIpc) is 2.08. The summed E-state index contributed by atoms with van der Waals surface area (Å²) in [4.78, 5) is 10.7. The quantitative estimate of drug-likeness (QED) is 0.588. The summed E-state index contributed by atoms with van der Waals surface area (Å²) in [5.74, 6) is -0.918. The van der Waals surface area contributed by atoms with Crippen LogP contribution in [0.4, 0.5) is 0 Å². The maximum Gasteiger partial charge on any atom is 0.308 e. The Kier molecular flexibility index (Phi) is 4.35. The standard InChI is InChI=1S/C10H19NO3/c1-2-7(12)5-6-11-9-4-3-8(9)10(13)14/h7-9,11-12H,2-6H2,1H3,(H,13,14). The Morgan fingerprint density at radius 1 is 1.57 bits per heavy atom. The lowest BCUT2D eigenvalue weighted by Gasteiger charge is -2.34. The van der Waals surface area contributed by atoms with Crippen molar-refractivity contribution in [2.75, 3.05) is 6.54 Å². The molecule has 1 rings (SSSR count). The maximum absolute atomic E-state index is 10.7. The fourth-order valence-electron chi connectivity index (χ4n) is 1.68. The highest BCUT2D eigenvalue weighted by molar-refractivity contribution is 5.72. The smallest absolute Gasteiger partial charge is 0.308 e. The van der Waals surface area contributed by atoms with Crippen molar-refractivity contribution in [3.63, 3.8) is 0 Å². The summed E-state index contributed by atoms with van der Waals surface area (Å²) in [7, 11) is 0. The SMILES string of the molecule is CCC(O)CCNC1CCC1C(=O)O. The molecule has 3 N–H and O–H groups in total.